The second kappa shape index (κ2) is 5.89. The van der Waals surface area contributed by atoms with E-state index in [1.807, 2.05) is 12.1 Å². The summed E-state index contributed by atoms with van der Waals surface area (Å²) in [4.78, 5) is 6.96. The molecule has 4 nitrogen and oxygen atoms in total. The van der Waals surface area contributed by atoms with Gasteiger partial charge in [-0.05, 0) is 41.8 Å². The lowest BCUT2D eigenvalue weighted by atomic mass is 10.00. The standard InChI is InChI=1S/C19H18N2O2/c22-18-7-5-15(6-8-18)19-20-17(13-23-19)12-21-10-9-14-3-1-2-4-16(14)11-21/h1-8,13,22H,9-12H2. The van der Waals surface area contributed by atoms with Crippen LogP contribution in [-0.2, 0) is 19.5 Å². The Bertz CT molecular complexity index is 808. The Morgan fingerprint density at radius 2 is 1.83 bits per heavy atom. The molecule has 0 radical (unpaired) electrons. The van der Waals surface area contributed by atoms with Crippen molar-refractivity contribution in [3.8, 4) is 17.2 Å². The van der Waals surface area contributed by atoms with Crippen LogP contribution >= 0.6 is 0 Å². The average Bonchev–Trinajstić information content (AvgIpc) is 3.04. The molecule has 2 heterocycles. The molecule has 4 rings (SSSR count). The van der Waals surface area contributed by atoms with Crippen LogP contribution < -0.4 is 0 Å². The van der Waals surface area contributed by atoms with Gasteiger partial charge in [-0.1, -0.05) is 24.3 Å². The topological polar surface area (TPSA) is 49.5 Å². The van der Waals surface area contributed by atoms with Crippen molar-refractivity contribution in [2.45, 2.75) is 19.5 Å². The van der Waals surface area contributed by atoms with Crippen molar-refractivity contribution in [1.82, 2.24) is 9.88 Å². The van der Waals surface area contributed by atoms with Gasteiger partial charge in [0, 0.05) is 25.2 Å². The smallest absolute Gasteiger partial charge is 0.226 e. The van der Waals surface area contributed by atoms with E-state index in [2.05, 4.69) is 34.1 Å². The summed E-state index contributed by atoms with van der Waals surface area (Å²) in [5.74, 6) is 0.838. The third-order valence-electron chi connectivity index (χ3n) is 4.26. The Balaban J connectivity index is 1.47. The Morgan fingerprint density at radius 3 is 2.65 bits per heavy atom. The van der Waals surface area contributed by atoms with Crippen LogP contribution in [-0.4, -0.2) is 21.5 Å². The van der Waals surface area contributed by atoms with Gasteiger partial charge in [0.2, 0.25) is 5.89 Å². The molecule has 0 unspecified atom stereocenters. The van der Waals surface area contributed by atoms with Crippen LogP contribution in [0.15, 0.2) is 59.2 Å². The Morgan fingerprint density at radius 1 is 1.04 bits per heavy atom. The number of phenols is 1. The Hall–Kier alpha value is -2.59. The lowest BCUT2D eigenvalue weighted by Gasteiger charge is -2.27. The molecule has 1 N–H and O–H groups in total. The molecule has 0 amide bonds. The largest absolute Gasteiger partial charge is 0.508 e. The Kier molecular flexibility index (Phi) is 3.60. The number of hydrogen-bond acceptors (Lipinski definition) is 4. The number of fused-ring (bicyclic) bond motifs is 1. The number of benzene rings is 2. The van der Waals surface area contributed by atoms with Crippen molar-refractivity contribution < 1.29 is 9.52 Å². The molecule has 23 heavy (non-hydrogen) atoms. The van der Waals surface area contributed by atoms with Crippen LogP contribution in [0.1, 0.15) is 16.8 Å². The summed E-state index contributed by atoms with van der Waals surface area (Å²) >= 11 is 0. The van der Waals surface area contributed by atoms with Gasteiger partial charge < -0.3 is 9.52 Å². The van der Waals surface area contributed by atoms with E-state index in [1.54, 1.807) is 18.4 Å². The highest BCUT2D eigenvalue weighted by atomic mass is 16.3. The van der Waals surface area contributed by atoms with Crippen molar-refractivity contribution in [3.05, 3.63) is 71.6 Å². The highest BCUT2D eigenvalue weighted by Crippen LogP contribution is 2.23. The van der Waals surface area contributed by atoms with E-state index in [9.17, 15) is 5.11 Å². The Labute approximate surface area is 135 Å². The molecule has 116 valence electrons. The third-order valence-corrected chi connectivity index (χ3v) is 4.26. The van der Waals surface area contributed by atoms with E-state index < -0.39 is 0 Å². The van der Waals surface area contributed by atoms with Gasteiger partial charge in [0.1, 0.15) is 12.0 Å². The summed E-state index contributed by atoms with van der Waals surface area (Å²) in [6, 6.07) is 15.5. The zero-order valence-electron chi connectivity index (χ0n) is 12.8. The second-order valence-electron chi connectivity index (χ2n) is 5.92. The van der Waals surface area contributed by atoms with Crippen LogP contribution in [0.4, 0.5) is 0 Å². The molecule has 0 spiro atoms. The molecule has 3 aromatic rings. The highest BCUT2D eigenvalue weighted by Gasteiger charge is 2.17. The van der Waals surface area contributed by atoms with E-state index in [1.165, 1.54) is 11.1 Å². The van der Waals surface area contributed by atoms with Crippen LogP contribution in [0.5, 0.6) is 5.75 Å². The van der Waals surface area contributed by atoms with Gasteiger partial charge in [0.15, 0.2) is 0 Å². The van der Waals surface area contributed by atoms with Gasteiger partial charge in [-0.3, -0.25) is 4.90 Å². The van der Waals surface area contributed by atoms with E-state index in [4.69, 9.17) is 4.42 Å². The molecule has 4 heteroatoms. The first-order chi connectivity index (χ1) is 11.3. The maximum Gasteiger partial charge on any atom is 0.226 e. The lowest BCUT2D eigenvalue weighted by Crippen LogP contribution is -2.30. The SMILES string of the molecule is Oc1ccc(-c2nc(CN3CCc4ccccc4C3)co2)cc1. The zero-order valence-corrected chi connectivity index (χ0v) is 12.8. The summed E-state index contributed by atoms with van der Waals surface area (Å²) in [6.45, 7) is 2.78. The minimum atomic E-state index is 0.243. The summed E-state index contributed by atoms with van der Waals surface area (Å²) in [7, 11) is 0. The molecule has 1 aliphatic rings. The predicted octanol–water partition coefficient (Wildman–Crippen LogP) is 3.61. The number of aromatic nitrogens is 1. The molecule has 0 saturated heterocycles. The summed E-state index contributed by atoms with van der Waals surface area (Å²) < 4.78 is 5.58. The maximum absolute atomic E-state index is 9.35. The maximum atomic E-state index is 9.35. The minimum absolute atomic E-state index is 0.243. The van der Waals surface area contributed by atoms with Crippen LogP contribution in [0.2, 0.25) is 0 Å². The van der Waals surface area contributed by atoms with Crippen LogP contribution in [0.25, 0.3) is 11.5 Å². The normalized spacial score (nSPS) is 14.6. The summed E-state index contributed by atoms with van der Waals surface area (Å²) in [5.41, 5.74) is 4.67. The highest BCUT2D eigenvalue weighted by molar-refractivity contribution is 5.54. The van der Waals surface area contributed by atoms with Crippen molar-refractivity contribution >= 4 is 0 Å². The number of hydrogen-bond donors (Lipinski definition) is 1. The predicted molar refractivity (Wildman–Crippen MR) is 87.9 cm³/mol. The van der Waals surface area contributed by atoms with E-state index in [0.29, 0.717) is 5.89 Å². The van der Waals surface area contributed by atoms with Crippen LogP contribution in [0, 0.1) is 0 Å². The molecule has 0 saturated carbocycles. The summed E-state index contributed by atoms with van der Waals surface area (Å²) in [5, 5.41) is 9.35. The van der Waals surface area contributed by atoms with Gasteiger partial charge in [-0.25, -0.2) is 4.98 Å². The quantitative estimate of drug-likeness (QED) is 0.803. The molecule has 1 aliphatic heterocycles. The molecular weight excluding hydrogens is 288 g/mol. The molecule has 0 aliphatic carbocycles. The monoisotopic (exact) mass is 306 g/mol. The summed E-state index contributed by atoms with van der Waals surface area (Å²) in [6.07, 6.45) is 2.81. The fourth-order valence-corrected chi connectivity index (χ4v) is 3.03. The van der Waals surface area contributed by atoms with Crippen molar-refractivity contribution in [2.24, 2.45) is 0 Å². The van der Waals surface area contributed by atoms with E-state index in [0.717, 1.165) is 37.3 Å². The van der Waals surface area contributed by atoms with E-state index >= 15 is 0 Å². The minimum Gasteiger partial charge on any atom is -0.508 e. The fraction of sp³-hybridized carbons (Fsp3) is 0.211. The zero-order chi connectivity index (χ0) is 15.6. The first-order valence-electron chi connectivity index (χ1n) is 7.81. The lowest BCUT2D eigenvalue weighted by molar-refractivity contribution is 0.242. The van der Waals surface area contributed by atoms with E-state index in [-0.39, 0.29) is 5.75 Å². The van der Waals surface area contributed by atoms with Crippen LogP contribution in [0.3, 0.4) is 0 Å². The number of phenolic OH excluding ortho intramolecular Hbond substituents is 1. The molecule has 0 bridgehead atoms. The number of rotatable bonds is 3. The molecule has 0 atom stereocenters. The van der Waals surface area contributed by atoms with Crippen molar-refractivity contribution in [3.63, 3.8) is 0 Å². The molecular formula is C19H18N2O2. The fourth-order valence-electron chi connectivity index (χ4n) is 3.03. The van der Waals surface area contributed by atoms with Crippen molar-refractivity contribution in [2.75, 3.05) is 6.54 Å². The van der Waals surface area contributed by atoms with Gasteiger partial charge in [0.05, 0.1) is 5.69 Å². The van der Waals surface area contributed by atoms with Gasteiger partial charge >= 0.3 is 0 Å². The first kappa shape index (κ1) is 14.0. The number of nitrogens with zero attached hydrogens (tertiary/aromatic N) is 2. The third kappa shape index (κ3) is 2.98. The van der Waals surface area contributed by atoms with Gasteiger partial charge in [0.25, 0.3) is 0 Å². The van der Waals surface area contributed by atoms with Gasteiger partial charge in [-0.15, -0.1) is 0 Å². The molecule has 0 fully saturated rings. The molecule has 1 aromatic heterocycles. The average molecular weight is 306 g/mol. The number of oxazole rings is 1. The van der Waals surface area contributed by atoms with Gasteiger partial charge in [-0.2, -0.15) is 0 Å². The molecule has 2 aromatic carbocycles. The van der Waals surface area contributed by atoms with Crippen molar-refractivity contribution in [1.29, 1.82) is 0 Å². The first-order valence-corrected chi connectivity index (χ1v) is 7.81. The number of aromatic hydroxyl groups is 1. The second-order valence-corrected chi connectivity index (χ2v) is 5.92.